The Hall–Kier alpha value is -1.87. The molecule has 1 aromatic carbocycles. The van der Waals surface area contributed by atoms with Crippen molar-refractivity contribution in [3.05, 3.63) is 40.5 Å². The highest BCUT2D eigenvalue weighted by Crippen LogP contribution is 2.22. The highest BCUT2D eigenvalue weighted by molar-refractivity contribution is 9.10. The normalized spacial score (nSPS) is 11.2. The average Bonchev–Trinajstić information content (AvgIpc) is 2.80. The van der Waals surface area contributed by atoms with Gasteiger partial charge in [-0.05, 0) is 34.1 Å². The smallest absolute Gasteiger partial charge is 0.336 e. The molecule has 2 rings (SSSR count). The number of anilines is 1. The molecule has 0 atom stereocenters. The molecule has 0 aliphatic carbocycles. The second-order valence-corrected chi connectivity index (χ2v) is 6.06. The molecule has 2 aromatic rings. The van der Waals surface area contributed by atoms with Crippen molar-refractivity contribution >= 4 is 37.7 Å². The standard InChI is InChI=1S/C10H8BrN3O4S/c11-8-2-1-6(5-7(8)10(15)16)19(17,18)14-9-3-4-12-13-9/h1-5H,(H,15,16)(H2,12,13,14). The van der Waals surface area contributed by atoms with E-state index >= 15 is 0 Å². The van der Waals surface area contributed by atoms with Crippen molar-refractivity contribution in [2.24, 2.45) is 0 Å². The van der Waals surface area contributed by atoms with Gasteiger partial charge in [0.1, 0.15) is 5.82 Å². The van der Waals surface area contributed by atoms with E-state index in [-0.39, 0.29) is 16.3 Å². The molecular weight excluding hydrogens is 338 g/mol. The summed E-state index contributed by atoms with van der Waals surface area (Å²) >= 11 is 3.05. The molecule has 0 saturated heterocycles. The van der Waals surface area contributed by atoms with Crippen LogP contribution in [0.2, 0.25) is 0 Å². The van der Waals surface area contributed by atoms with Gasteiger partial charge >= 0.3 is 5.97 Å². The molecule has 100 valence electrons. The van der Waals surface area contributed by atoms with Gasteiger partial charge in [0.05, 0.1) is 16.7 Å². The zero-order valence-electron chi connectivity index (χ0n) is 9.29. The molecule has 1 heterocycles. The third kappa shape index (κ3) is 2.93. The predicted octanol–water partition coefficient (Wildman–Crippen LogP) is 1.67. The lowest BCUT2D eigenvalue weighted by molar-refractivity contribution is 0.0695. The maximum atomic E-state index is 12.0. The molecule has 7 nitrogen and oxygen atoms in total. The van der Waals surface area contributed by atoms with E-state index in [1.165, 1.54) is 24.4 Å². The molecule has 9 heteroatoms. The van der Waals surface area contributed by atoms with Crippen LogP contribution in [-0.4, -0.2) is 29.7 Å². The first-order valence-corrected chi connectivity index (χ1v) is 7.23. The highest BCUT2D eigenvalue weighted by Gasteiger charge is 2.18. The van der Waals surface area contributed by atoms with Gasteiger partial charge in [-0.25, -0.2) is 13.2 Å². The Labute approximate surface area is 116 Å². The lowest BCUT2D eigenvalue weighted by Gasteiger charge is -2.07. The summed E-state index contributed by atoms with van der Waals surface area (Å²) in [5.74, 6) is -1.02. The van der Waals surface area contributed by atoms with Gasteiger partial charge in [0.25, 0.3) is 10.0 Å². The molecule has 3 N–H and O–H groups in total. The van der Waals surface area contributed by atoms with Crippen LogP contribution in [0, 0.1) is 0 Å². The van der Waals surface area contributed by atoms with Crippen molar-refractivity contribution in [3.63, 3.8) is 0 Å². The molecule has 0 saturated carbocycles. The molecule has 0 bridgehead atoms. The number of aromatic nitrogens is 2. The lowest BCUT2D eigenvalue weighted by atomic mass is 10.2. The van der Waals surface area contributed by atoms with E-state index in [2.05, 4.69) is 30.8 Å². The number of benzene rings is 1. The van der Waals surface area contributed by atoms with Crippen molar-refractivity contribution in [3.8, 4) is 0 Å². The minimum atomic E-state index is -3.86. The Balaban J connectivity index is 2.41. The molecule has 0 aliphatic rings. The van der Waals surface area contributed by atoms with Gasteiger partial charge in [-0.2, -0.15) is 5.10 Å². The molecule has 1 aromatic heterocycles. The van der Waals surface area contributed by atoms with Crippen molar-refractivity contribution in [2.75, 3.05) is 4.72 Å². The number of rotatable bonds is 4. The number of nitrogens with zero attached hydrogens (tertiary/aromatic N) is 1. The number of H-pyrrole nitrogens is 1. The summed E-state index contributed by atoms with van der Waals surface area (Å²) in [5, 5.41) is 15.0. The number of carbonyl (C=O) groups is 1. The maximum Gasteiger partial charge on any atom is 0.336 e. The second-order valence-electron chi connectivity index (χ2n) is 3.52. The van der Waals surface area contributed by atoms with Crippen LogP contribution in [0.5, 0.6) is 0 Å². The number of aromatic carboxylic acids is 1. The van der Waals surface area contributed by atoms with Crippen LogP contribution in [0.1, 0.15) is 10.4 Å². The SMILES string of the molecule is O=C(O)c1cc(S(=O)(=O)Nc2ccn[nH]2)ccc1Br. The van der Waals surface area contributed by atoms with E-state index in [9.17, 15) is 13.2 Å². The van der Waals surface area contributed by atoms with E-state index in [4.69, 9.17) is 5.11 Å². The summed E-state index contributed by atoms with van der Waals surface area (Å²) in [6.45, 7) is 0. The number of hydrogen-bond acceptors (Lipinski definition) is 4. The first-order valence-electron chi connectivity index (χ1n) is 4.95. The Morgan fingerprint density at radius 3 is 2.68 bits per heavy atom. The van der Waals surface area contributed by atoms with E-state index in [0.29, 0.717) is 4.47 Å². The van der Waals surface area contributed by atoms with Crippen molar-refractivity contribution < 1.29 is 18.3 Å². The second kappa shape index (κ2) is 5.02. The zero-order valence-corrected chi connectivity index (χ0v) is 11.7. The van der Waals surface area contributed by atoms with Gasteiger partial charge in [-0.1, -0.05) is 0 Å². The fourth-order valence-electron chi connectivity index (χ4n) is 1.35. The average molecular weight is 346 g/mol. The summed E-state index contributed by atoms with van der Waals surface area (Å²) in [6.07, 6.45) is 1.39. The number of aromatic amines is 1. The van der Waals surface area contributed by atoms with Gasteiger partial charge in [-0.3, -0.25) is 9.82 Å². The summed E-state index contributed by atoms with van der Waals surface area (Å²) in [4.78, 5) is 10.8. The van der Waals surface area contributed by atoms with Crippen LogP contribution >= 0.6 is 15.9 Å². The van der Waals surface area contributed by atoms with Crippen molar-refractivity contribution in [1.82, 2.24) is 10.2 Å². The van der Waals surface area contributed by atoms with Gasteiger partial charge < -0.3 is 5.11 Å². The monoisotopic (exact) mass is 345 g/mol. The number of carboxylic acid groups (broad SMARTS) is 1. The summed E-state index contributed by atoms with van der Waals surface area (Å²) < 4.78 is 26.6. The van der Waals surface area contributed by atoms with Gasteiger partial charge in [-0.15, -0.1) is 0 Å². The molecule has 0 fully saturated rings. The van der Waals surface area contributed by atoms with Crippen LogP contribution in [0.3, 0.4) is 0 Å². The van der Waals surface area contributed by atoms with E-state index in [1.54, 1.807) is 0 Å². The van der Waals surface area contributed by atoms with Gasteiger partial charge in [0.2, 0.25) is 0 Å². The number of carboxylic acids is 1. The highest BCUT2D eigenvalue weighted by atomic mass is 79.9. The van der Waals surface area contributed by atoms with Crippen molar-refractivity contribution in [2.45, 2.75) is 4.90 Å². The molecular formula is C10H8BrN3O4S. The molecule has 0 aliphatic heterocycles. The zero-order chi connectivity index (χ0) is 14.0. The van der Waals surface area contributed by atoms with E-state index in [0.717, 1.165) is 6.07 Å². The van der Waals surface area contributed by atoms with Crippen LogP contribution in [-0.2, 0) is 10.0 Å². The van der Waals surface area contributed by atoms with Crippen LogP contribution < -0.4 is 4.72 Å². The first kappa shape index (κ1) is 13.6. The molecule has 0 spiro atoms. The first-order chi connectivity index (χ1) is 8.90. The largest absolute Gasteiger partial charge is 0.478 e. The van der Waals surface area contributed by atoms with E-state index < -0.39 is 16.0 Å². The van der Waals surface area contributed by atoms with Crippen LogP contribution in [0.4, 0.5) is 5.82 Å². The van der Waals surface area contributed by atoms with E-state index in [1.807, 2.05) is 0 Å². The Bertz CT molecular complexity index is 712. The van der Waals surface area contributed by atoms with Crippen molar-refractivity contribution in [1.29, 1.82) is 0 Å². The lowest BCUT2D eigenvalue weighted by Crippen LogP contribution is -2.14. The maximum absolute atomic E-state index is 12.0. The van der Waals surface area contributed by atoms with Gasteiger partial charge in [0, 0.05) is 10.5 Å². The van der Waals surface area contributed by atoms with Crippen LogP contribution in [0.15, 0.2) is 39.8 Å². The molecule has 19 heavy (non-hydrogen) atoms. The Morgan fingerprint density at radius 2 is 2.11 bits per heavy atom. The summed E-state index contributed by atoms with van der Waals surface area (Å²) in [7, 11) is -3.86. The minimum absolute atomic E-state index is 0.132. The number of sulfonamides is 1. The quantitative estimate of drug-likeness (QED) is 0.780. The summed E-state index contributed by atoms with van der Waals surface area (Å²) in [5.41, 5.74) is -0.132. The fourth-order valence-corrected chi connectivity index (χ4v) is 2.81. The third-order valence-corrected chi connectivity index (χ3v) is 4.28. The van der Waals surface area contributed by atoms with Crippen LogP contribution in [0.25, 0.3) is 0 Å². The number of hydrogen-bond donors (Lipinski definition) is 3. The minimum Gasteiger partial charge on any atom is -0.478 e. The Kier molecular flexibility index (Phi) is 3.58. The Morgan fingerprint density at radius 1 is 1.37 bits per heavy atom. The fraction of sp³-hybridized carbons (Fsp3) is 0. The number of nitrogens with one attached hydrogen (secondary N) is 2. The summed E-state index contributed by atoms with van der Waals surface area (Å²) in [6, 6.07) is 5.18. The predicted molar refractivity (Wildman–Crippen MR) is 70.5 cm³/mol. The van der Waals surface area contributed by atoms with Gasteiger partial charge in [0.15, 0.2) is 0 Å². The topological polar surface area (TPSA) is 112 Å². The molecule has 0 radical (unpaired) electrons. The number of halogens is 1. The third-order valence-electron chi connectivity index (χ3n) is 2.22. The molecule has 0 unspecified atom stereocenters. The molecule has 0 amide bonds.